The normalized spacial score (nSPS) is 13.5. The van der Waals surface area contributed by atoms with Crippen LogP contribution in [0.1, 0.15) is 91.9 Å². The van der Waals surface area contributed by atoms with Crippen molar-refractivity contribution in [1.29, 1.82) is 0 Å². The van der Waals surface area contributed by atoms with E-state index in [0.717, 1.165) is 51.4 Å². The third kappa shape index (κ3) is 27.0. The molecule has 0 rings (SSSR count). The molecular weight excluding hydrogens is 815 g/mol. The van der Waals surface area contributed by atoms with Crippen LogP contribution in [0.25, 0.3) is 0 Å². The second-order valence-corrected chi connectivity index (χ2v) is 12.4. The number of carboxylic acids is 2. The fraction of sp³-hybridized carbons (Fsp3) is 0.833. The Morgan fingerprint density at radius 2 is 1.16 bits per heavy atom. The second-order valence-electron chi connectivity index (χ2n) is 9.23. The molecule has 0 fully saturated rings. The summed E-state index contributed by atoms with van der Waals surface area (Å²) >= 11 is 0. The largest absolute Gasteiger partial charge is 1.00 e. The van der Waals surface area contributed by atoms with Crippen molar-refractivity contribution in [3.63, 3.8) is 0 Å². The Morgan fingerprint density at radius 3 is 1.44 bits per heavy atom. The molecule has 0 bridgehead atoms. The third-order valence-electron chi connectivity index (χ3n) is 5.97. The van der Waals surface area contributed by atoms with Gasteiger partial charge in [0.2, 0.25) is 0 Å². The Morgan fingerprint density at radius 1 is 0.744 bits per heavy atom. The van der Waals surface area contributed by atoms with Gasteiger partial charge in [-0.2, -0.15) is 8.42 Å². The van der Waals surface area contributed by atoms with Gasteiger partial charge in [-0.15, -0.1) is 0 Å². The molecule has 0 radical (unpaired) electrons. The summed E-state index contributed by atoms with van der Waals surface area (Å²) in [5.41, 5.74) is 0. The molecule has 4 atom stereocenters. The van der Waals surface area contributed by atoms with E-state index in [4.69, 9.17) is 14.0 Å². The van der Waals surface area contributed by atoms with E-state index in [0.29, 0.717) is 0 Å². The minimum Gasteiger partial charge on any atom is -0.747 e. The number of carbonyl (C=O) groups excluding carboxylic acids is 4. The number of hydrogen-bond donors (Lipinski definition) is 1. The summed E-state index contributed by atoms with van der Waals surface area (Å²) in [5.74, 6) is -5.82. The van der Waals surface area contributed by atoms with E-state index < -0.39 is 67.5 Å². The van der Waals surface area contributed by atoms with E-state index in [1.165, 1.54) is 0 Å². The summed E-state index contributed by atoms with van der Waals surface area (Å²) in [6.07, 6.45) is 5.25. The van der Waals surface area contributed by atoms with Gasteiger partial charge in [0.15, 0.2) is 5.25 Å². The van der Waals surface area contributed by atoms with Crippen LogP contribution < -0.4 is 39.8 Å². The van der Waals surface area contributed by atoms with Gasteiger partial charge in [0.05, 0.1) is 25.6 Å². The van der Waals surface area contributed by atoms with Crippen molar-refractivity contribution in [1.82, 2.24) is 0 Å². The van der Waals surface area contributed by atoms with Crippen molar-refractivity contribution >= 4 is 44.1 Å². The molecule has 0 aromatic rings. The molecule has 0 saturated heterocycles. The van der Waals surface area contributed by atoms with Crippen LogP contribution in [0, 0.1) is 11.8 Å². The van der Waals surface area contributed by atoms with Gasteiger partial charge in [-0.1, -0.05) is 66.2 Å². The summed E-state index contributed by atoms with van der Waals surface area (Å²) in [4.78, 5) is 43.9. The van der Waals surface area contributed by atoms with E-state index in [2.05, 4.69) is 13.8 Å². The minimum absolute atomic E-state index is 0. The van der Waals surface area contributed by atoms with Crippen LogP contribution in [0.3, 0.4) is 0 Å². The zero-order chi connectivity index (χ0) is 31.5. The molecule has 0 aromatic carbocycles. The molecule has 0 saturated carbocycles. The average Bonchev–Trinajstić information content (AvgIpc) is 2.84. The number of carbonyl (C=O) groups is 4. The topological polar surface area (TPSA) is 244 Å². The first-order valence-electron chi connectivity index (χ1n) is 13.1. The standard InChI is InChI=1S/C20H38O7S.C4H6O7S.2Ag.Na/c1-5-9-11-16(7-3)14-26-19(21)13-18(28(23,24)25)20(22)27-15-17(8-4)12-10-6-2;5-3(6)1-2(4(7)8)12(9,10)11;;;/h16-18H,5-15H2,1-4H3,(H,23,24,25);2H,1H2,(H,5,6)(H,7,8)(H,9,10,11);;;/q;;3*+1/p-3. The molecule has 19 heteroatoms. The van der Waals surface area contributed by atoms with Gasteiger partial charge in [0.1, 0.15) is 15.4 Å². The van der Waals surface area contributed by atoms with Crippen LogP contribution in [0.15, 0.2) is 0 Å². The van der Waals surface area contributed by atoms with Crippen molar-refractivity contribution in [2.24, 2.45) is 11.8 Å². The van der Waals surface area contributed by atoms with E-state index in [1.54, 1.807) is 0 Å². The van der Waals surface area contributed by atoms with Gasteiger partial charge in [-0.3, -0.25) is 14.1 Å². The van der Waals surface area contributed by atoms with Crippen molar-refractivity contribution in [2.75, 3.05) is 13.2 Å². The zero-order valence-electron chi connectivity index (χ0n) is 25.0. The summed E-state index contributed by atoms with van der Waals surface area (Å²) in [7, 11) is -9.96. The maximum Gasteiger partial charge on any atom is 1.00 e. The Kier molecular flexibility index (Phi) is 34.8. The third-order valence-corrected chi connectivity index (χ3v) is 8.10. The zero-order valence-corrected chi connectivity index (χ0v) is 31.6. The Balaban J connectivity index is -0.000000273. The van der Waals surface area contributed by atoms with Gasteiger partial charge in [0.25, 0.3) is 10.1 Å². The van der Waals surface area contributed by atoms with Crippen LogP contribution in [0.2, 0.25) is 0 Å². The molecule has 0 heterocycles. The maximum atomic E-state index is 12.1. The Bertz CT molecular complexity index is 1010. The number of aliphatic carboxylic acids is 2. The summed E-state index contributed by atoms with van der Waals surface area (Å²) < 4.78 is 73.0. The van der Waals surface area contributed by atoms with Crippen molar-refractivity contribution in [2.45, 2.75) is 102 Å². The molecule has 0 amide bonds. The van der Waals surface area contributed by atoms with Gasteiger partial charge >= 0.3 is 86.3 Å². The van der Waals surface area contributed by atoms with Crippen molar-refractivity contribution < 1.29 is 139 Å². The Hall–Kier alpha value is 0.181. The summed E-state index contributed by atoms with van der Waals surface area (Å²) in [6.45, 7) is 8.26. The van der Waals surface area contributed by atoms with Gasteiger partial charge < -0.3 is 33.8 Å². The molecule has 1 N–H and O–H groups in total. The van der Waals surface area contributed by atoms with Crippen LogP contribution in [-0.4, -0.2) is 73.5 Å². The molecule has 4 unspecified atom stereocenters. The second kappa shape index (κ2) is 28.4. The summed E-state index contributed by atoms with van der Waals surface area (Å²) in [6, 6.07) is 0. The fourth-order valence-corrected chi connectivity index (χ4v) is 4.51. The molecular formula is C24H41Ag2NaO14S2. The number of esters is 2. The van der Waals surface area contributed by atoms with Crippen LogP contribution in [0.5, 0.6) is 0 Å². The fourth-order valence-electron chi connectivity index (χ4n) is 3.28. The molecule has 14 nitrogen and oxygen atoms in total. The first-order chi connectivity index (χ1) is 18.4. The first kappa shape index (κ1) is 52.7. The van der Waals surface area contributed by atoms with Gasteiger partial charge in [-0.05, 0) is 24.7 Å². The summed E-state index contributed by atoms with van der Waals surface area (Å²) in [5, 5.41) is 15.2. The predicted octanol–water partition coefficient (Wildman–Crippen LogP) is -3.06. The quantitative estimate of drug-likeness (QED) is 0.0727. The van der Waals surface area contributed by atoms with Crippen LogP contribution in [0.4, 0.5) is 0 Å². The minimum atomic E-state index is -5.01. The monoisotopic (exact) mass is 854 g/mol. The van der Waals surface area contributed by atoms with Crippen LogP contribution in [-0.2, 0) is 93.6 Å². The Labute approximate surface area is 308 Å². The number of ether oxygens (including phenoxy) is 2. The van der Waals surface area contributed by atoms with Crippen LogP contribution >= 0.6 is 0 Å². The molecule has 0 aromatic heterocycles. The first-order valence-corrected chi connectivity index (χ1v) is 16.1. The number of unbranched alkanes of at least 4 members (excludes halogenated alkanes) is 2. The predicted molar refractivity (Wildman–Crippen MR) is 137 cm³/mol. The number of rotatable bonds is 20. The average molecular weight is 856 g/mol. The SMILES string of the molecule is CCCCC(CC)COC(=O)CC(C(=O)OCC(CC)CCCC)S(=O)(=O)[O-].O=C([O-])CC(C(=O)[O-])S(=O)(=O)O.[Ag+].[Ag+].[Na+]. The number of carboxylic acid groups (broad SMARTS) is 2. The molecule has 0 aliphatic heterocycles. The molecule has 0 spiro atoms. The number of hydrogen-bond acceptors (Lipinski definition) is 13. The van der Waals surface area contributed by atoms with E-state index in [9.17, 15) is 50.8 Å². The maximum absolute atomic E-state index is 12.1. The smallest absolute Gasteiger partial charge is 0.747 e. The molecule has 0 aliphatic rings. The van der Waals surface area contributed by atoms with Gasteiger partial charge in [0, 0.05) is 12.4 Å². The van der Waals surface area contributed by atoms with E-state index in [1.807, 2.05) is 13.8 Å². The van der Waals surface area contributed by atoms with E-state index >= 15 is 0 Å². The van der Waals surface area contributed by atoms with Crippen molar-refractivity contribution in [3.8, 4) is 0 Å². The molecule has 256 valence electrons. The van der Waals surface area contributed by atoms with Gasteiger partial charge in [-0.25, -0.2) is 8.42 Å². The van der Waals surface area contributed by atoms with E-state index in [-0.39, 0.29) is 99.4 Å². The van der Waals surface area contributed by atoms with Crippen molar-refractivity contribution in [3.05, 3.63) is 0 Å². The molecule has 0 aliphatic carbocycles. The molecule has 43 heavy (non-hydrogen) atoms.